The van der Waals surface area contributed by atoms with Gasteiger partial charge in [-0.1, -0.05) is 0 Å². The van der Waals surface area contributed by atoms with Crippen molar-refractivity contribution in [2.45, 2.75) is 39.5 Å². The molecule has 91 valence electrons. The zero-order valence-electron chi connectivity index (χ0n) is 11.2. The van der Waals surface area contributed by atoms with Crippen molar-refractivity contribution in [3.63, 3.8) is 0 Å². The molecule has 1 aliphatic heterocycles. The Hall–Kier alpha value is 0.495. The number of aryl methyl sites for hydroxylation is 1. The van der Waals surface area contributed by atoms with Gasteiger partial charge in [0.05, 0.1) is 0 Å². The summed E-state index contributed by atoms with van der Waals surface area (Å²) in [6.07, 6.45) is 1.47. The fraction of sp³-hybridized carbons (Fsp3) is 0.500. The van der Waals surface area contributed by atoms with Crippen molar-refractivity contribution in [3.05, 3.63) is 28.3 Å². The number of cyclic esters (lactones) is 1. The van der Waals surface area contributed by atoms with Crippen LogP contribution in [0, 0.1) is 26.8 Å². The average molecular weight is 595 g/mol. The van der Waals surface area contributed by atoms with Crippen molar-refractivity contribution in [2.75, 3.05) is 6.61 Å². The van der Waals surface area contributed by atoms with Crippen LogP contribution in [0.25, 0.3) is 0 Å². The van der Waals surface area contributed by atoms with Crippen LogP contribution >= 0.6 is 0 Å². The SMILES string of the molecule is Cc1[c-][c]([Hg])c(C)c(C)c1[C@@H]1CCC(=O)OC1.[Hf]. The maximum absolute atomic E-state index is 11.1. The maximum atomic E-state index is 11.1. The third-order valence-electron chi connectivity index (χ3n) is 3.71. The summed E-state index contributed by atoms with van der Waals surface area (Å²) in [5.41, 5.74) is 5.39. The number of esters is 1. The van der Waals surface area contributed by atoms with Crippen LogP contribution in [0.3, 0.4) is 0 Å². The number of hydrogen-bond donors (Lipinski definition) is 0. The summed E-state index contributed by atoms with van der Waals surface area (Å²) in [4.78, 5) is 11.1. The molecule has 0 radical (unpaired) electrons. The Morgan fingerprint density at radius 3 is 2.50 bits per heavy atom. The second-order valence-corrected chi connectivity index (χ2v) is 7.56. The smallest absolute Gasteiger partial charge is 0 e. The first-order valence-corrected chi connectivity index (χ1v) is 8.76. The van der Waals surface area contributed by atoms with Crippen molar-refractivity contribution in [1.29, 1.82) is 0 Å². The second kappa shape index (κ2) is 6.78. The van der Waals surface area contributed by atoms with Gasteiger partial charge in [-0.15, -0.1) is 0 Å². The quantitative estimate of drug-likeness (QED) is 0.283. The minimum atomic E-state index is -0.0558. The molecule has 0 saturated carbocycles. The number of carbonyl (C=O) groups excluding carboxylic acids is 1. The standard InChI is InChI=1S/C14H16O2.Hf.Hg/c1-9-4-5-10(2)14(11(9)3)12-6-7-13(15)16-8-12;;/h12H,6-8H2,1-3H3;;/q-1;;/t12-;;/m1../s1. The van der Waals surface area contributed by atoms with Gasteiger partial charge in [-0.3, -0.25) is 0 Å². The second-order valence-electron chi connectivity index (χ2n) is 4.81. The first-order valence-electron chi connectivity index (χ1n) is 6.01. The van der Waals surface area contributed by atoms with Gasteiger partial charge in [0, 0.05) is 25.8 Å². The van der Waals surface area contributed by atoms with Crippen LogP contribution in [0.5, 0.6) is 0 Å². The molecule has 1 aromatic rings. The predicted molar refractivity (Wildman–Crippen MR) is 62.1 cm³/mol. The van der Waals surface area contributed by atoms with Gasteiger partial charge in [0.2, 0.25) is 0 Å². The maximum Gasteiger partial charge on any atom is 0 e. The Morgan fingerprint density at radius 1 is 1.28 bits per heavy atom. The summed E-state index contributed by atoms with van der Waals surface area (Å²) in [5, 5.41) is 0. The van der Waals surface area contributed by atoms with E-state index in [0.717, 1.165) is 6.42 Å². The number of benzene rings is 1. The molecular weight excluding hydrogens is 579 g/mol. The zero-order chi connectivity index (χ0) is 12.6. The molecule has 1 heterocycles. The molecule has 0 bridgehead atoms. The van der Waals surface area contributed by atoms with E-state index in [9.17, 15) is 4.79 Å². The summed E-state index contributed by atoms with van der Waals surface area (Å²) in [6.45, 7) is 7.05. The van der Waals surface area contributed by atoms with E-state index in [-0.39, 0.29) is 31.8 Å². The molecule has 2 rings (SSSR count). The largest absolute Gasteiger partial charge is 0 e. The van der Waals surface area contributed by atoms with E-state index in [1.807, 2.05) is 0 Å². The van der Waals surface area contributed by atoms with E-state index in [1.54, 1.807) is 0 Å². The molecule has 0 amide bonds. The third-order valence-corrected chi connectivity index (χ3v) is 6.46. The fourth-order valence-corrected chi connectivity index (χ4v) is 4.64. The molecule has 0 aromatic heterocycles. The first-order chi connectivity index (χ1) is 8.00. The number of hydrogen-bond acceptors (Lipinski definition) is 2. The Morgan fingerprint density at radius 2 is 1.94 bits per heavy atom. The summed E-state index contributed by atoms with van der Waals surface area (Å²) in [7, 11) is 0. The molecule has 1 aliphatic rings. The van der Waals surface area contributed by atoms with E-state index in [1.165, 1.54) is 25.3 Å². The van der Waals surface area contributed by atoms with E-state index in [2.05, 4.69) is 26.8 Å². The molecule has 4 heteroatoms. The van der Waals surface area contributed by atoms with E-state index < -0.39 is 0 Å². The van der Waals surface area contributed by atoms with E-state index >= 15 is 0 Å². The Balaban J connectivity index is 0.00000162. The molecular formula is C14H16HfHgO2-. The number of rotatable bonds is 1. The third kappa shape index (κ3) is 3.33. The summed E-state index contributed by atoms with van der Waals surface area (Å²) in [5.74, 6) is 0.316. The van der Waals surface area contributed by atoms with Gasteiger partial charge < -0.3 is 0 Å². The molecule has 2 nitrogen and oxygen atoms in total. The minimum Gasteiger partial charge on any atom is 0 e. The molecule has 1 atom stereocenters. The molecule has 1 saturated heterocycles. The van der Waals surface area contributed by atoms with Crippen LogP contribution in [0.2, 0.25) is 0 Å². The molecule has 1 fully saturated rings. The topological polar surface area (TPSA) is 26.3 Å². The van der Waals surface area contributed by atoms with Crippen molar-refractivity contribution in [3.8, 4) is 0 Å². The van der Waals surface area contributed by atoms with Gasteiger partial charge in [0.1, 0.15) is 0 Å². The van der Waals surface area contributed by atoms with Crippen molar-refractivity contribution >= 4 is 9.04 Å². The van der Waals surface area contributed by atoms with E-state index in [0.29, 0.717) is 45.1 Å². The summed E-state index contributed by atoms with van der Waals surface area (Å²) < 4.78 is 6.60. The molecule has 0 aliphatic carbocycles. The van der Waals surface area contributed by atoms with Gasteiger partial charge in [-0.2, -0.15) is 0 Å². The molecule has 18 heavy (non-hydrogen) atoms. The zero-order valence-corrected chi connectivity index (χ0v) is 20.3. The van der Waals surface area contributed by atoms with Gasteiger partial charge in [-0.25, -0.2) is 0 Å². The van der Waals surface area contributed by atoms with Gasteiger partial charge in [0.15, 0.2) is 0 Å². The minimum absolute atomic E-state index is 0. The van der Waals surface area contributed by atoms with Crippen molar-refractivity contribution < 1.29 is 61.5 Å². The number of carbonyl (C=O) groups is 1. The molecule has 1 aromatic carbocycles. The van der Waals surface area contributed by atoms with Crippen LogP contribution in [0.15, 0.2) is 0 Å². The van der Waals surface area contributed by atoms with Gasteiger partial charge in [0.25, 0.3) is 0 Å². The Kier molecular flexibility index (Phi) is 6.23. The van der Waals surface area contributed by atoms with Crippen molar-refractivity contribution in [2.24, 2.45) is 0 Å². The summed E-state index contributed by atoms with van der Waals surface area (Å²) in [6, 6.07) is 3.50. The first kappa shape index (κ1) is 16.5. The van der Waals surface area contributed by atoms with Crippen LogP contribution in [0.1, 0.15) is 41.0 Å². The van der Waals surface area contributed by atoms with Gasteiger partial charge in [-0.05, 0) is 0 Å². The van der Waals surface area contributed by atoms with Crippen LogP contribution in [-0.4, -0.2) is 12.6 Å². The molecule has 0 N–H and O–H groups in total. The average Bonchev–Trinajstić information content (AvgIpc) is 2.29. The van der Waals surface area contributed by atoms with Crippen LogP contribution < -0.4 is 3.07 Å². The predicted octanol–water partition coefficient (Wildman–Crippen LogP) is 2.00. The van der Waals surface area contributed by atoms with Gasteiger partial charge >= 0.3 is 119 Å². The normalized spacial score (nSPS) is 19.2. The molecule has 0 spiro atoms. The van der Waals surface area contributed by atoms with Crippen LogP contribution in [-0.2, 0) is 61.5 Å². The monoisotopic (exact) mass is 598 g/mol. The van der Waals surface area contributed by atoms with Crippen LogP contribution in [0.4, 0.5) is 0 Å². The Bertz CT molecular complexity index is 461. The van der Waals surface area contributed by atoms with E-state index in [4.69, 9.17) is 4.74 Å². The molecule has 0 unspecified atom stereocenters. The van der Waals surface area contributed by atoms with Crippen molar-refractivity contribution in [1.82, 2.24) is 0 Å². The Labute approximate surface area is 144 Å². The number of ether oxygens (including phenoxy) is 1. The fourth-order valence-electron chi connectivity index (χ4n) is 2.58. The summed E-state index contributed by atoms with van der Waals surface area (Å²) >= 11 is 0.618.